The molecule has 0 aromatic carbocycles. The first-order valence-corrected chi connectivity index (χ1v) is 4.89. The van der Waals surface area contributed by atoms with Crippen molar-refractivity contribution < 1.29 is 0 Å². The Balaban J connectivity index is 1.82. The highest BCUT2D eigenvalue weighted by atomic mass is 15.4. The third kappa shape index (κ3) is 1.74. The molecule has 63 valence electrons. The second-order valence-electron chi connectivity index (χ2n) is 3.80. The van der Waals surface area contributed by atoms with Crippen LogP contribution >= 0.6 is 0 Å². The molecule has 1 radical (unpaired) electrons. The van der Waals surface area contributed by atoms with Crippen molar-refractivity contribution in [3.8, 4) is 0 Å². The number of nitrogens with zero attached hydrogens (tertiary/aromatic N) is 1. The van der Waals surface area contributed by atoms with Crippen molar-refractivity contribution in [1.82, 2.24) is 10.9 Å². The minimum Gasteiger partial charge on any atom is -0.237 e. The molecule has 0 aromatic heterocycles. The molecule has 1 saturated carbocycles. The summed E-state index contributed by atoms with van der Waals surface area (Å²) in [7, 11) is 0. The second-order valence-corrected chi connectivity index (χ2v) is 3.80. The molecule has 1 N–H and O–H groups in total. The van der Waals surface area contributed by atoms with Crippen LogP contribution in [0.5, 0.6) is 0 Å². The Labute approximate surface area is 68.7 Å². The third-order valence-corrected chi connectivity index (χ3v) is 3.03. The monoisotopic (exact) mass is 153 g/mol. The fourth-order valence-electron chi connectivity index (χ4n) is 2.33. The van der Waals surface area contributed by atoms with Gasteiger partial charge in [0.1, 0.15) is 0 Å². The molecule has 2 nitrogen and oxygen atoms in total. The van der Waals surface area contributed by atoms with Gasteiger partial charge in [0.25, 0.3) is 0 Å². The van der Waals surface area contributed by atoms with Crippen molar-refractivity contribution in [3.63, 3.8) is 0 Å². The lowest BCUT2D eigenvalue weighted by molar-refractivity contribution is 0.280. The van der Waals surface area contributed by atoms with Crippen LogP contribution in [0.2, 0.25) is 0 Å². The van der Waals surface area contributed by atoms with Crippen LogP contribution < -0.4 is 10.9 Å². The SMILES string of the molecule is C1CCC(C2CC[N]N2)CC1. The van der Waals surface area contributed by atoms with Crippen molar-refractivity contribution in [1.29, 1.82) is 0 Å². The Morgan fingerprint density at radius 2 is 1.82 bits per heavy atom. The molecular formula is C9H17N2. The van der Waals surface area contributed by atoms with E-state index < -0.39 is 0 Å². The van der Waals surface area contributed by atoms with Gasteiger partial charge < -0.3 is 0 Å². The summed E-state index contributed by atoms with van der Waals surface area (Å²) in [5.74, 6) is 0.940. The normalized spacial score (nSPS) is 34.4. The molecule has 11 heavy (non-hydrogen) atoms. The molecule has 0 bridgehead atoms. The van der Waals surface area contributed by atoms with E-state index in [9.17, 15) is 0 Å². The highest BCUT2D eigenvalue weighted by Gasteiger charge is 2.26. The van der Waals surface area contributed by atoms with Crippen LogP contribution in [-0.2, 0) is 0 Å². The lowest BCUT2D eigenvalue weighted by Gasteiger charge is -2.26. The van der Waals surface area contributed by atoms with E-state index in [0.29, 0.717) is 0 Å². The van der Waals surface area contributed by atoms with Crippen molar-refractivity contribution in [2.45, 2.75) is 44.6 Å². The van der Waals surface area contributed by atoms with Crippen molar-refractivity contribution in [2.24, 2.45) is 5.92 Å². The Hall–Kier alpha value is -0.0800. The van der Waals surface area contributed by atoms with E-state index in [4.69, 9.17) is 0 Å². The standard InChI is InChI=1S/C9H17N2/c1-2-4-8(5-3-1)9-6-7-10-11-9/h8-9,11H,1-7H2. The van der Waals surface area contributed by atoms with Gasteiger partial charge in [-0.1, -0.05) is 19.3 Å². The van der Waals surface area contributed by atoms with E-state index >= 15 is 0 Å². The van der Waals surface area contributed by atoms with Crippen molar-refractivity contribution in [2.75, 3.05) is 6.54 Å². The van der Waals surface area contributed by atoms with E-state index in [-0.39, 0.29) is 0 Å². The summed E-state index contributed by atoms with van der Waals surface area (Å²) in [4.78, 5) is 0. The van der Waals surface area contributed by atoms with Gasteiger partial charge in [0.2, 0.25) is 0 Å². The molecule has 1 unspecified atom stereocenters. The van der Waals surface area contributed by atoms with Crippen molar-refractivity contribution in [3.05, 3.63) is 0 Å². The lowest BCUT2D eigenvalue weighted by atomic mass is 9.83. The maximum atomic E-state index is 4.19. The Kier molecular flexibility index (Phi) is 2.44. The summed E-state index contributed by atoms with van der Waals surface area (Å²) >= 11 is 0. The maximum Gasteiger partial charge on any atom is 0.0319 e. The van der Waals surface area contributed by atoms with Gasteiger partial charge in [-0.15, -0.1) is 0 Å². The van der Waals surface area contributed by atoms with E-state index in [1.54, 1.807) is 0 Å². The van der Waals surface area contributed by atoms with Crippen LogP contribution in [0.1, 0.15) is 38.5 Å². The van der Waals surface area contributed by atoms with Gasteiger partial charge in [-0.2, -0.15) is 5.43 Å². The molecule has 1 heterocycles. The predicted molar refractivity (Wildman–Crippen MR) is 45.1 cm³/mol. The zero-order chi connectivity index (χ0) is 7.52. The molecule has 2 aliphatic rings. The van der Waals surface area contributed by atoms with E-state index in [1.807, 2.05) is 0 Å². The minimum absolute atomic E-state index is 0.732. The zero-order valence-corrected chi connectivity index (χ0v) is 7.05. The van der Waals surface area contributed by atoms with Gasteiger partial charge in [-0.25, -0.2) is 5.43 Å². The lowest BCUT2D eigenvalue weighted by Crippen LogP contribution is -2.33. The van der Waals surface area contributed by atoms with Gasteiger partial charge in [-0.05, 0) is 25.2 Å². The van der Waals surface area contributed by atoms with Gasteiger partial charge in [-0.3, -0.25) is 0 Å². The quantitative estimate of drug-likeness (QED) is 0.606. The number of hydrogen-bond donors (Lipinski definition) is 1. The first kappa shape index (κ1) is 7.56. The zero-order valence-electron chi connectivity index (χ0n) is 7.05. The van der Waals surface area contributed by atoms with Gasteiger partial charge in [0.15, 0.2) is 0 Å². The molecule has 0 spiro atoms. The van der Waals surface area contributed by atoms with Gasteiger partial charge >= 0.3 is 0 Å². The molecular weight excluding hydrogens is 136 g/mol. The first-order chi connectivity index (χ1) is 5.47. The largest absolute Gasteiger partial charge is 0.237 e. The molecule has 0 aromatic rings. The summed E-state index contributed by atoms with van der Waals surface area (Å²) in [6.07, 6.45) is 8.51. The molecule has 2 fully saturated rings. The Morgan fingerprint density at radius 3 is 2.45 bits per heavy atom. The molecule has 1 saturated heterocycles. The summed E-state index contributed by atoms with van der Waals surface area (Å²) in [5, 5.41) is 0. The third-order valence-electron chi connectivity index (χ3n) is 3.03. The van der Waals surface area contributed by atoms with Gasteiger partial charge in [0, 0.05) is 12.6 Å². The summed E-state index contributed by atoms with van der Waals surface area (Å²) < 4.78 is 0. The van der Waals surface area contributed by atoms with Crippen LogP contribution in [0.3, 0.4) is 0 Å². The summed E-state index contributed by atoms with van der Waals surface area (Å²) in [6.45, 7) is 1.04. The highest BCUT2D eigenvalue weighted by molar-refractivity contribution is 4.81. The van der Waals surface area contributed by atoms with E-state index in [1.165, 1.54) is 38.5 Å². The number of hydrogen-bond acceptors (Lipinski definition) is 1. The smallest absolute Gasteiger partial charge is 0.0319 e. The van der Waals surface area contributed by atoms with Crippen LogP contribution in [0, 0.1) is 5.92 Å². The fourth-order valence-corrected chi connectivity index (χ4v) is 2.33. The van der Waals surface area contributed by atoms with Crippen LogP contribution in [0.4, 0.5) is 0 Å². The topological polar surface area (TPSA) is 26.1 Å². The van der Waals surface area contributed by atoms with E-state index in [2.05, 4.69) is 10.9 Å². The highest BCUT2D eigenvalue weighted by Crippen LogP contribution is 2.28. The predicted octanol–water partition coefficient (Wildman–Crippen LogP) is 1.45. The minimum atomic E-state index is 0.732. The van der Waals surface area contributed by atoms with Crippen molar-refractivity contribution >= 4 is 0 Å². The average Bonchev–Trinajstić information content (AvgIpc) is 2.58. The number of nitrogens with one attached hydrogen (secondary N) is 1. The molecule has 2 heteroatoms. The van der Waals surface area contributed by atoms with Gasteiger partial charge in [0.05, 0.1) is 0 Å². The molecule has 1 atom stereocenters. The fraction of sp³-hybridized carbons (Fsp3) is 1.00. The summed E-state index contributed by atoms with van der Waals surface area (Å²) in [5.41, 5.74) is 7.44. The molecule has 1 aliphatic heterocycles. The molecule has 1 aliphatic carbocycles. The van der Waals surface area contributed by atoms with E-state index in [0.717, 1.165) is 18.5 Å². The second kappa shape index (κ2) is 3.55. The first-order valence-electron chi connectivity index (χ1n) is 4.89. The molecule has 2 rings (SSSR count). The maximum absolute atomic E-state index is 4.19. The van der Waals surface area contributed by atoms with Crippen LogP contribution in [0.15, 0.2) is 0 Å². The number of rotatable bonds is 1. The Bertz CT molecular complexity index is 113. The Morgan fingerprint density at radius 1 is 1.00 bits per heavy atom. The average molecular weight is 153 g/mol. The van der Waals surface area contributed by atoms with Crippen LogP contribution in [0.25, 0.3) is 0 Å². The molecule has 0 amide bonds. The summed E-state index contributed by atoms with van der Waals surface area (Å²) in [6, 6.07) is 0.732. The van der Waals surface area contributed by atoms with Crippen LogP contribution in [-0.4, -0.2) is 12.6 Å².